The maximum absolute atomic E-state index is 13.4. The summed E-state index contributed by atoms with van der Waals surface area (Å²) < 4.78 is 26.4. The van der Waals surface area contributed by atoms with Crippen molar-refractivity contribution in [1.82, 2.24) is 9.97 Å². The molecule has 1 aromatic carbocycles. The molecule has 4 rings (SSSR count). The van der Waals surface area contributed by atoms with Gasteiger partial charge in [-0.15, -0.1) is 0 Å². The predicted octanol–water partition coefficient (Wildman–Crippen LogP) is 3.57. The second kappa shape index (κ2) is 6.34. The summed E-state index contributed by atoms with van der Waals surface area (Å²) in [4.78, 5) is 11.0. The molecular weight excluding hydrogens is 310 g/mol. The maximum atomic E-state index is 13.4. The molecule has 1 aromatic heterocycles. The van der Waals surface area contributed by atoms with E-state index in [1.807, 2.05) is 12.3 Å². The van der Waals surface area contributed by atoms with Gasteiger partial charge in [-0.25, -0.2) is 18.7 Å². The Morgan fingerprint density at radius 2 is 2.00 bits per heavy atom. The lowest BCUT2D eigenvalue weighted by Crippen LogP contribution is -2.22. The molecule has 1 saturated carbocycles. The van der Waals surface area contributed by atoms with Gasteiger partial charge in [0.15, 0.2) is 11.6 Å². The average Bonchev–Trinajstić information content (AvgIpc) is 3.34. The second-order valence-electron chi connectivity index (χ2n) is 6.65. The molecule has 1 aliphatic heterocycles. The molecule has 4 nitrogen and oxygen atoms in total. The lowest BCUT2D eigenvalue weighted by molar-refractivity contribution is 0.508. The third-order valence-electron chi connectivity index (χ3n) is 4.74. The van der Waals surface area contributed by atoms with Gasteiger partial charge >= 0.3 is 0 Å². The van der Waals surface area contributed by atoms with Gasteiger partial charge in [-0.1, -0.05) is 0 Å². The van der Waals surface area contributed by atoms with Crippen molar-refractivity contribution in [1.29, 1.82) is 0 Å². The fraction of sp³-hybridized carbons (Fsp3) is 0.444. The molecule has 6 heteroatoms. The van der Waals surface area contributed by atoms with Gasteiger partial charge in [0.25, 0.3) is 0 Å². The lowest BCUT2D eigenvalue weighted by Gasteiger charge is -2.19. The van der Waals surface area contributed by atoms with Crippen LogP contribution in [0.3, 0.4) is 0 Å². The van der Waals surface area contributed by atoms with Crippen LogP contribution in [0.4, 0.5) is 20.3 Å². The fourth-order valence-electron chi connectivity index (χ4n) is 3.17. The third-order valence-corrected chi connectivity index (χ3v) is 4.74. The van der Waals surface area contributed by atoms with E-state index in [4.69, 9.17) is 0 Å². The molecule has 1 unspecified atom stereocenters. The summed E-state index contributed by atoms with van der Waals surface area (Å²) in [5, 5.41) is 3.39. The van der Waals surface area contributed by atoms with Crippen molar-refractivity contribution in [3.05, 3.63) is 47.9 Å². The van der Waals surface area contributed by atoms with Gasteiger partial charge in [0.2, 0.25) is 0 Å². The van der Waals surface area contributed by atoms with E-state index in [1.54, 1.807) is 6.07 Å². The van der Waals surface area contributed by atoms with Crippen molar-refractivity contribution < 1.29 is 8.78 Å². The van der Waals surface area contributed by atoms with Crippen LogP contribution in [0, 0.1) is 17.6 Å². The van der Waals surface area contributed by atoms with Crippen LogP contribution in [0.5, 0.6) is 0 Å². The molecule has 1 N–H and O–H groups in total. The van der Waals surface area contributed by atoms with Crippen LogP contribution in [0.2, 0.25) is 0 Å². The number of hydrogen-bond donors (Lipinski definition) is 1. The van der Waals surface area contributed by atoms with Gasteiger partial charge in [0.05, 0.1) is 0 Å². The summed E-state index contributed by atoms with van der Waals surface area (Å²) >= 11 is 0. The molecule has 0 spiro atoms. The van der Waals surface area contributed by atoms with Crippen molar-refractivity contribution in [3.63, 3.8) is 0 Å². The summed E-state index contributed by atoms with van der Waals surface area (Å²) in [6.45, 7) is 2.51. The molecule has 2 aliphatic rings. The highest BCUT2D eigenvalue weighted by Gasteiger charge is 2.27. The Balaban J connectivity index is 1.33. The van der Waals surface area contributed by atoms with Crippen molar-refractivity contribution >= 4 is 11.5 Å². The molecule has 0 amide bonds. The van der Waals surface area contributed by atoms with Gasteiger partial charge in [0.1, 0.15) is 11.6 Å². The zero-order valence-electron chi connectivity index (χ0n) is 13.4. The Bertz CT molecular complexity index is 733. The number of halogens is 2. The van der Waals surface area contributed by atoms with Crippen LogP contribution in [-0.2, 0) is 0 Å². The molecule has 24 heavy (non-hydrogen) atoms. The zero-order chi connectivity index (χ0) is 16.5. The smallest absolute Gasteiger partial charge is 0.160 e. The summed E-state index contributed by atoms with van der Waals surface area (Å²) in [6.07, 6.45) is 5.21. The van der Waals surface area contributed by atoms with Gasteiger partial charge < -0.3 is 10.2 Å². The van der Waals surface area contributed by atoms with Crippen LogP contribution < -0.4 is 10.2 Å². The Morgan fingerprint density at radius 1 is 1.12 bits per heavy atom. The van der Waals surface area contributed by atoms with Crippen LogP contribution in [-0.4, -0.2) is 29.6 Å². The van der Waals surface area contributed by atoms with E-state index < -0.39 is 11.6 Å². The molecule has 2 heterocycles. The minimum absolute atomic E-state index is 0.456. The van der Waals surface area contributed by atoms with Gasteiger partial charge in [-0.2, -0.15) is 0 Å². The van der Waals surface area contributed by atoms with E-state index in [9.17, 15) is 8.78 Å². The highest BCUT2D eigenvalue weighted by atomic mass is 19.2. The molecule has 2 fully saturated rings. The first kappa shape index (κ1) is 15.3. The molecule has 0 radical (unpaired) electrons. The summed E-state index contributed by atoms with van der Waals surface area (Å²) in [7, 11) is 0. The van der Waals surface area contributed by atoms with Gasteiger partial charge in [-0.3, -0.25) is 0 Å². The number of hydrogen-bond acceptors (Lipinski definition) is 4. The standard InChI is InChI=1S/C18H20F2N4/c19-15-4-3-14(9-16(15)20)24-8-6-12(11-24)10-22-17-5-7-21-18(23-17)13-1-2-13/h3-5,7,9,12-13H,1-2,6,8,10-11H2,(H,21,22,23). The summed E-state index contributed by atoms with van der Waals surface area (Å²) in [5.41, 5.74) is 0.745. The van der Waals surface area contributed by atoms with Gasteiger partial charge in [0, 0.05) is 43.5 Å². The highest BCUT2D eigenvalue weighted by Crippen LogP contribution is 2.38. The molecule has 1 aliphatic carbocycles. The Morgan fingerprint density at radius 3 is 2.79 bits per heavy atom. The Kier molecular flexibility index (Phi) is 4.04. The molecular formula is C18H20F2N4. The van der Waals surface area contributed by atoms with Crippen LogP contribution in [0.25, 0.3) is 0 Å². The van der Waals surface area contributed by atoms with E-state index in [-0.39, 0.29) is 0 Å². The van der Waals surface area contributed by atoms with Crippen LogP contribution in [0.15, 0.2) is 30.5 Å². The number of anilines is 2. The monoisotopic (exact) mass is 330 g/mol. The maximum Gasteiger partial charge on any atom is 0.160 e. The molecule has 1 atom stereocenters. The van der Waals surface area contributed by atoms with E-state index in [1.165, 1.54) is 25.0 Å². The van der Waals surface area contributed by atoms with E-state index >= 15 is 0 Å². The molecule has 2 aromatic rings. The first-order valence-corrected chi connectivity index (χ1v) is 8.46. The minimum Gasteiger partial charge on any atom is -0.371 e. The quantitative estimate of drug-likeness (QED) is 0.910. The van der Waals surface area contributed by atoms with E-state index in [0.717, 1.165) is 43.4 Å². The number of benzene rings is 1. The summed E-state index contributed by atoms with van der Waals surface area (Å²) in [6, 6.07) is 6.00. The van der Waals surface area contributed by atoms with Crippen molar-refractivity contribution in [2.75, 3.05) is 29.9 Å². The first-order valence-electron chi connectivity index (χ1n) is 8.46. The van der Waals surface area contributed by atoms with Crippen LogP contribution >= 0.6 is 0 Å². The zero-order valence-corrected chi connectivity index (χ0v) is 13.4. The van der Waals surface area contributed by atoms with Crippen molar-refractivity contribution in [2.45, 2.75) is 25.2 Å². The number of nitrogens with zero attached hydrogens (tertiary/aromatic N) is 3. The largest absolute Gasteiger partial charge is 0.371 e. The fourth-order valence-corrected chi connectivity index (χ4v) is 3.17. The van der Waals surface area contributed by atoms with E-state index in [2.05, 4.69) is 20.2 Å². The van der Waals surface area contributed by atoms with Crippen molar-refractivity contribution in [3.8, 4) is 0 Å². The van der Waals surface area contributed by atoms with Crippen molar-refractivity contribution in [2.24, 2.45) is 5.92 Å². The molecule has 126 valence electrons. The Labute approximate surface area is 139 Å². The topological polar surface area (TPSA) is 41.0 Å². The normalized spacial score (nSPS) is 20.4. The number of rotatable bonds is 5. The molecule has 1 saturated heterocycles. The second-order valence-corrected chi connectivity index (χ2v) is 6.65. The predicted molar refractivity (Wildman–Crippen MR) is 89.2 cm³/mol. The number of nitrogens with one attached hydrogen (secondary N) is 1. The molecule has 0 bridgehead atoms. The lowest BCUT2D eigenvalue weighted by atomic mass is 10.1. The first-order chi connectivity index (χ1) is 11.7. The highest BCUT2D eigenvalue weighted by molar-refractivity contribution is 5.48. The average molecular weight is 330 g/mol. The summed E-state index contributed by atoms with van der Waals surface area (Å²) in [5.74, 6) is 1.22. The SMILES string of the molecule is Fc1ccc(N2CCC(CNc3ccnc(C4CC4)n3)C2)cc1F. The van der Waals surface area contributed by atoms with Crippen LogP contribution in [0.1, 0.15) is 31.0 Å². The third kappa shape index (κ3) is 3.32. The van der Waals surface area contributed by atoms with Gasteiger partial charge in [-0.05, 0) is 43.4 Å². The minimum atomic E-state index is -0.800. The Hall–Kier alpha value is -2.24. The number of aromatic nitrogens is 2. The van der Waals surface area contributed by atoms with E-state index in [0.29, 0.717) is 11.8 Å².